The van der Waals surface area contributed by atoms with Gasteiger partial charge in [-0.1, -0.05) is 18.5 Å². The van der Waals surface area contributed by atoms with Crippen LogP contribution in [0, 0.1) is 5.92 Å². The second-order valence-corrected chi connectivity index (χ2v) is 6.55. The molecule has 0 heterocycles. The molecule has 0 aromatic carbocycles. The maximum atomic E-state index is 12.3. The predicted octanol–water partition coefficient (Wildman–Crippen LogP) is 4.07. The van der Waals surface area contributed by atoms with Crippen molar-refractivity contribution >= 4 is 29.3 Å². The molecule has 0 radical (unpaired) electrons. The summed E-state index contributed by atoms with van der Waals surface area (Å²) in [5.74, 6) is -3.40. The molecule has 0 spiro atoms. The Morgan fingerprint density at radius 3 is 2.05 bits per heavy atom. The van der Waals surface area contributed by atoms with Gasteiger partial charge in [0.1, 0.15) is 0 Å². The first-order valence-corrected chi connectivity index (χ1v) is 6.90. The molecule has 0 aliphatic heterocycles. The Morgan fingerprint density at radius 2 is 1.70 bits per heavy atom. The van der Waals surface area contributed by atoms with Crippen molar-refractivity contribution < 1.29 is 31.1 Å². The summed E-state index contributed by atoms with van der Waals surface area (Å²) in [5, 5.41) is 0. The zero-order valence-corrected chi connectivity index (χ0v) is 12.0. The van der Waals surface area contributed by atoms with Crippen molar-refractivity contribution in [3.8, 4) is 0 Å². The van der Waals surface area contributed by atoms with Gasteiger partial charge < -0.3 is 5.73 Å². The molecule has 20 heavy (non-hydrogen) atoms. The van der Waals surface area contributed by atoms with Crippen LogP contribution in [0.25, 0.3) is 0 Å². The van der Waals surface area contributed by atoms with Crippen LogP contribution in [0.2, 0.25) is 0 Å². The molecule has 2 atom stereocenters. The summed E-state index contributed by atoms with van der Waals surface area (Å²) in [7, 11) is 0. The summed E-state index contributed by atoms with van der Waals surface area (Å²) in [6.45, 7) is 0.901. The van der Waals surface area contributed by atoms with Crippen molar-refractivity contribution in [1.82, 2.24) is 0 Å². The Kier molecular flexibility index (Phi) is 7.00. The summed E-state index contributed by atoms with van der Waals surface area (Å²) in [6.07, 6.45) is -11.0. The average Bonchev–Trinajstić information content (AvgIpc) is 2.22. The third-order valence-electron chi connectivity index (χ3n) is 2.54. The van der Waals surface area contributed by atoms with E-state index in [1.54, 1.807) is 0 Å². The van der Waals surface area contributed by atoms with Gasteiger partial charge in [0, 0.05) is 5.75 Å². The second-order valence-electron chi connectivity index (χ2n) is 4.29. The molecular weight excluding hydrogens is 332 g/mol. The zero-order valence-electron chi connectivity index (χ0n) is 10.4. The van der Waals surface area contributed by atoms with E-state index >= 15 is 0 Å². The van der Waals surface area contributed by atoms with Crippen LogP contribution < -0.4 is 5.73 Å². The van der Waals surface area contributed by atoms with E-state index in [1.807, 2.05) is 0 Å². The monoisotopic (exact) mass is 345 g/mol. The standard InChI is InChI=1S/C10H14ClF6NOS/c1-6(10(15,16)17)2-3-8(11,7(18)19)20-5-4-9(12,13)14/h6H,2-5H2,1H3,(H2,18,19). The van der Waals surface area contributed by atoms with Crippen molar-refractivity contribution in [1.29, 1.82) is 0 Å². The minimum atomic E-state index is -4.45. The maximum Gasteiger partial charge on any atom is 0.391 e. The minimum Gasteiger partial charge on any atom is -0.367 e. The van der Waals surface area contributed by atoms with Crippen LogP contribution in [0.5, 0.6) is 0 Å². The number of primary amides is 1. The van der Waals surface area contributed by atoms with E-state index in [0.29, 0.717) is 11.8 Å². The van der Waals surface area contributed by atoms with Crippen molar-refractivity contribution in [2.45, 2.75) is 42.7 Å². The third kappa shape index (κ3) is 7.47. The number of rotatable bonds is 7. The molecule has 2 N–H and O–H groups in total. The van der Waals surface area contributed by atoms with Crippen LogP contribution in [0.4, 0.5) is 26.3 Å². The summed E-state index contributed by atoms with van der Waals surface area (Å²) < 4.78 is 70.9. The molecule has 0 bridgehead atoms. The second kappa shape index (κ2) is 7.11. The van der Waals surface area contributed by atoms with Gasteiger partial charge in [0.15, 0.2) is 4.21 Å². The molecule has 2 nitrogen and oxygen atoms in total. The Bertz CT molecular complexity index is 335. The van der Waals surface area contributed by atoms with Crippen LogP contribution in [0.1, 0.15) is 26.2 Å². The summed E-state index contributed by atoms with van der Waals surface area (Å²) in [6, 6.07) is 0. The fourth-order valence-electron chi connectivity index (χ4n) is 1.16. The molecule has 0 saturated carbocycles. The average molecular weight is 346 g/mol. The van der Waals surface area contributed by atoms with Crippen molar-refractivity contribution in [2.75, 3.05) is 5.75 Å². The van der Waals surface area contributed by atoms with E-state index in [9.17, 15) is 31.1 Å². The van der Waals surface area contributed by atoms with Gasteiger partial charge in [0.25, 0.3) is 0 Å². The van der Waals surface area contributed by atoms with E-state index in [1.165, 1.54) is 0 Å². The fraction of sp³-hybridized carbons (Fsp3) is 0.900. The molecular formula is C10H14ClF6NOS. The molecule has 0 aliphatic carbocycles. The number of halogens is 7. The lowest BCUT2D eigenvalue weighted by atomic mass is 10.0. The van der Waals surface area contributed by atoms with Crippen LogP contribution in [-0.4, -0.2) is 28.2 Å². The molecule has 120 valence electrons. The summed E-state index contributed by atoms with van der Waals surface area (Å²) in [5.41, 5.74) is 4.96. The first kappa shape index (κ1) is 19.7. The molecule has 0 saturated heterocycles. The molecule has 2 unspecified atom stereocenters. The number of thioether (sulfide) groups is 1. The highest BCUT2D eigenvalue weighted by Gasteiger charge is 2.41. The lowest BCUT2D eigenvalue weighted by Crippen LogP contribution is -2.37. The highest BCUT2D eigenvalue weighted by molar-refractivity contribution is 8.02. The molecule has 0 aromatic heterocycles. The zero-order chi connectivity index (χ0) is 16.2. The highest BCUT2D eigenvalue weighted by Crippen LogP contribution is 2.40. The number of hydrogen-bond donors (Lipinski definition) is 1. The topological polar surface area (TPSA) is 43.1 Å². The van der Waals surface area contributed by atoms with E-state index in [4.69, 9.17) is 17.3 Å². The first-order valence-electron chi connectivity index (χ1n) is 5.54. The molecule has 0 fully saturated rings. The van der Waals surface area contributed by atoms with Gasteiger partial charge in [0.2, 0.25) is 5.91 Å². The number of carbonyl (C=O) groups is 1. The Labute approximate surface area is 121 Å². The summed E-state index contributed by atoms with van der Waals surface area (Å²) in [4.78, 5) is 11.1. The lowest BCUT2D eigenvalue weighted by Gasteiger charge is -2.25. The summed E-state index contributed by atoms with van der Waals surface area (Å²) >= 11 is 6.17. The van der Waals surface area contributed by atoms with Gasteiger partial charge in [0.05, 0.1) is 12.3 Å². The van der Waals surface area contributed by atoms with Gasteiger partial charge >= 0.3 is 12.4 Å². The number of hydrogen-bond acceptors (Lipinski definition) is 2. The van der Waals surface area contributed by atoms with Crippen LogP contribution in [0.3, 0.4) is 0 Å². The van der Waals surface area contributed by atoms with Crippen LogP contribution in [-0.2, 0) is 4.79 Å². The molecule has 10 heteroatoms. The van der Waals surface area contributed by atoms with E-state index in [2.05, 4.69) is 0 Å². The SMILES string of the molecule is CC(CCC(Cl)(SCCC(F)(F)F)C(N)=O)C(F)(F)F. The Balaban J connectivity index is 4.51. The Hall–Kier alpha value is -0.310. The Morgan fingerprint density at radius 1 is 1.20 bits per heavy atom. The number of carbonyl (C=O) groups excluding carboxylic acids is 1. The molecule has 1 amide bonds. The maximum absolute atomic E-state index is 12.3. The molecule has 0 rings (SSSR count). The minimum absolute atomic E-state index is 0.415. The quantitative estimate of drug-likeness (QED) is 0.558. The smallest absolute Gasteiger partial charge is 0.367 e. The van der Waals surface area contributed by atoms with Crippen LogP contribution >= 0.6 is 23.4 Å². The third-order valence-corrected chi connectivity index (χ3v) is 4.52. The molecule has 0 aromatic rings. The number of amides is 1. The van der Waals surface area contributed by atoms with Gasteiger partial charge in [-0.3, -0.25) is 4.79 Å². The van der Waals surface area contributed by atoms with Gasteiger partial charge in [-0.15, -0.1) is 11.8 Å². The fourth-order valence-corrected chi connectivity index (χ4v) is 2.56. The van der Waals surface area contributed by atoms with E-state index < -0.39 is 53.4 Å². The van der Waals surface area contributed by atoms with Crippen molar-refractivity contribution in [3.63, 3.8) is 0 Å². The number of alkyl halides is 7. The predicted molar refractivity (Wildman–Crippen MR) is 65.4 cm³/mol. The van der Waals surface area contributed by atoms with Crippen molar-refractivity contribution in [3.05, 3.63) is 0 Å². The number of nitrogens with two attached hydrogens (primary N) is 1. The van der Waals surface area contributed by atoms with Crippen molar-refractivity contribution in [2.24, 2.45) is 11.7 Å². The highest BCUT2D eigenvalue weighted by atomic mass is 35.5. The lowest BCUT2D eigenvalue weighted by molar-refractivity contribution is -0.171. The van der Waals surface area contributed by atoms with E-state index in [0.717, 1.165) is 6.92 Å². The van der Waals surface area contributed by atoms with Gasteiger partial charge in [-0.05, 0) is 12.8 Å². The van der Waals surface area contributed by atoms with E-state index in [-0.39, 0.29) is 0 Å². The first-order chi connectivity index (χ1) is 8.78. The molecule has 0 aliphatic rings. The van der Waals surface area contributed by atoms with Crippen LogP contribution in [0.15, 0.2) is 0 Å². The van der Waals surface area contributed by atoms with Gasteiger partial charge in [-0.25, -0.2) is 0 Å². The largest absolute Gasteiger partial charge is 0.391 e. The normalized spacial score (nSPS) is 17.6. The van der Waals surface area contributed by atoms with Gasteiger partial charge in [-0.2, -0.15) is 26.3 Å².